The van der Waals surface area contributed by atoms with E-state index in [1.807, 2.05) is 32.0 Å². The van der Waals surface area contributed by atoms with Gasteiger partial charge in [0.1, 0.15) is 0 Å². The molecule has 0 unspecified atom stereocenters. The van der Waals surface area contributed by atoms with Gasteiger partial charge in [-0.05, 0) is 30.2 Å². The first kappa shape index (κ1) is 19.4. The molecule has 0 atom stereocenters. The maximum absolute atomic E-state index is 13.2. The summed E-state index contributed by atoms with van der Waals surface area (Å²) >= 11 is 0. The van der Waals surface area contributed by atoms with E-state index in [9.17, 15) is 18.4 Å². The number of rotatable bonds is 5. The van der Waals surface area contributed by atoms with Gasteiger partial charge in [-0.3, -0.25) is 14.6 Å². The smallest absolute Gasteiger partial charge is 0.252 e. The van der Waals surface area contributed by atoms with Crippen molar-refractivity contribution >= 4 is 28.4 Å². The maximum atomic E-state index is 13.2. The van der Waals surface area contributed by atoms with Crippen molar-refractivity contribution in [3.05, 3.63) is 71.4 Å². The molecular formula is C21H19F2N3O2. The van der Waals surface area contributed by atoms with Crippen LogP contribution in [0.3, 0.4) is 0 Å². The first-order chi connectivity index (χ1) is 13.3. The average molecular weight is 383 g/mol. The summed E-state index contributed by atoms with van der Waals surface area (Å²) in [6.07, 6.45) is 0. The van der Waals surface area contributed by atoms with Gasteiger partial charge in [0.25, 0.3) is 5.91 Å². The first-order valence-electron chi connectivity index (χ1n) is 8.78. The van der Waals surface area contributed by atoms with Gasteiger partial charge in [0.05, 0.1) is 17.6 Å². The predicted octanol–water partition coefficient (Wildman–Crippen LogP) is 4.00. The number of benzene rings is 2. The molecule has 0 radical (unpaired) electrons. The summed E-state index contributed by atoms with van der Waals surface area (Å²) < 4.78 is 26.2. The second-order valence-corrected chi connectivity index (χ2v) is 6.63. The second-order valence-electron chi connectivity index (χ2n) is 6.63. The quantitative estimate of drug-likeness (QED) is 0.699. The number of amides is 2. The van der Waals surface area contributed by atoms with E-state index in [0.29, 0.717) is 16.5 Å². The van der Waals surface area contributed by atoms with Crippen LogP contribution < -0.4 is 10.6 Å². The van der Waals surface area contributed by atoms with E-state index in [4.69, 9.17) is 0 Å². The second kappa shape index (κ2) is 8.12. The maximum Gasteiger partial charge on any atom is 0.252 e. The lowest BCUT2D eigenvalue weighted by atomic mass is 10.0. The highest BCUT2D eigenvalue weighted by Crippen LogP contribution is 2.22. The number of fused-ring (bicyclic) bond motifs is 1. The molecule has 1 heterocycles. The number of carbonyl (C=O) groups is 2. The molecule has 3 aromatic rings. The Morgan fingerprint density at radius 1 is 1.04 bits per heavy atom. The van der Waals surface area contributed by atoms with Crippen LogP contribution in [0.2, 0.25) is 0 Å². The van der Waals surface area contributed by atoms with Gasteiger partial charge in [-0.25, -0.2) is 8.78 Å². The van der Waals surface area contributed by atoms with Crippen molar-refractivity contribution in [2.45, 2.75) is 19.8 Å². The highest BCUT2D eigenvalue weighted by molar-refractivity contribution is 6.07. The van der Waals surface area contributed by atoms with Crippen LogP contribution in [0.1, 0.15) is 35.8 Å². The van der Waals surface area contributed by atoms with E-state index >= 15 is 0 Å². The lowest BCUT2D eigenvalue weighted by Crippen LogP contribution is -2.33. The molecule has 2 aromatic carbocycles. The van der Waals surface area contributed by atoms with Crippen molar-refractivity contribution in [2.75, 3.05) is 11.9 Å². The summed E-state index contributed by atoms with van der Waals surface area (Å²) in [7, 11) is 0. The number of nitrogens with one attached hydrogen (secondary N) is 2. The summed E-state index contributed by atoms with van der Waals surface area (Å²) in [5, 5.41) is 5.65. The first-order valence-corrected chi connectivity index (χ1v) is 8.78. The van der Waals surface area contributed by atoms with Gasteiger partial charge in [0.2, 0.25) is 5.91 Å². The average Bonchev–Trinajstić information content (AvgIpc) is 2.68. The van der Waals surface area contributed by atoms with Crippen molar-refractivity contribution in [2.24, 2.45) is 0 Å². The zero-order chi connectivity index (χ0) is 20.3. The Balaban J connectivity index is 1.74. The van der Waals surface area contributed by atoms with Gasteiger partial charge in [-0.1, -0.05) is 32.0 Å². The molecule has 7 heteroatoms. The van der Waals surface area contributed by atoms with Crippen molar-refractivity contribution in [3.63, 3.8) is 0 Å². The van der Waals surface area contributed by atoms with Gasteiger partial charge in [-0.15, -0.1) is 0 Å². The number of pyridine rings is 1. The minimum atomic E-state index is -1.06. The van der Waals surface area contributed by atoms with Gasteiger partial charge in [0, 0.05) is 22.8 Å². The largest absolute Gasteiger partial charge is 0.343 e. The fraction of sp³-hybridized carbons (Fsp3) is 0.190. The summed E-state index contributed by atoms with van der Waals surface area (Å²) in [5.41, 5.74) is 2.00. The fourth-order valence-electron chi connectivity index (χ4n) is 2.71. The number of aromatic nitrogens is 1. The van der Waals surface area contributed by atoms with Crippen LogP contribution in [0.4, 0.5) is 14.5 Å². The molecule has 0 fully saturated rings. The standard InChI is InChI=1S/C21H19F2N3O2/c1-12(2)19-10-15(14-5-3-4-6-18(14)26-19)21(28)24-11-20(27)25-13-7-8-16(22)17(23)9-13/h3-10,12H,11H2,1-2H3,(H,24,28)(H,25,27). The van der Waals surface area contributed by atoms with E-state index in [0.717, 1.165) is 17.8 Å². The highest BCUT2D eigenvalue weighted by Gasteiger charge is 2.15. The zero-order valence-electron chi connectivity index (χ0n) is 15.4. The molecule has 0 aliphatic rings. The van der Waals surface area contributed by atoms with E-state index in [1.54, 1.807) is 12.1 Å². The number of nitrogens with zero attached hydrogens (tertiary/aromatic N) is 1. The van der Waals surface area contributed by atoms with Gasteiger partial charge < -0.3 is 10.6 Å². The van der Waals surface area contributed by atoms with Crippen LogP contribution in [-0.4, -0.2) is 23.3 Å². The zero-order valence-corrected chi connectivity index (χ0v) is 15.4. The van der Waals surface area contributed by atoms with Crippen molar-refractivity contribution < 1.29 is 18.4 Å². The third kappa shape index (κ3) is 4.31. The SMILES string of the molecule is CC(C)c1cc(C(=O)NCC(=O)Nc2ccc(F)c(F)c2)c2ccccc2n1. The van der Waals surface area contributed by atoms with Crippen LogP contribution in [-0.2, 0) is 4.79 Å². The predicted molar refractivity (Wildman–Crippen MR) is 103 cm³/mol. The third-order valence-corrected chi connectivity index (χ3v) is 4.19. The molecule has 0 spiro atoms. The number of para-hydroxylation sites is 1. The fourth-order valence-corrected chi connectivity index (χ4v) is 2.71. The lowest BCUT2D eigenvalue weighted by molar-refractivity contribution is -0.115. The number of halogens is 2. The Bertz CT molecular complexity index is 1050. The highest BCUT2D eigenvalue weighted by atomic mass is 19.2. The Labute approximate surface area is 160 Å². The third-order valence-electron chi connectivity index (χ3n) is 4.19. The van der Waals surface area contributed by atoms with E-state index < -0.39 is 23.4 Å². The van der Waals surface area contributed by atoms with Gasteiger partial charge in [-0.2, -0.15) is 0 Å². The van der Waals surface area contributed by atoms with Crippen molar-refractivity contribution in [1.82, 2.24) is 10.3 Å². The van der Waals surface area contributed by atoms with Crippen LogP contribution in [0.5, 0.6) is 0 Å². The Morgan fingerprint density at radius 3 is 2.50 bits per heavy atom. The Morgan fingerprint density at radius 2 is 1.79 bits per heavy atom. The molecule has 2 amide bonds. The van der Waals surface area contributed by atoms with Crippen LogP contribution in [0.15, 0.2) is 48.5 Å². The molecule has 144 valence electrons. The normalized spacial score (nSPS) is 10.9. The Kier molecular flexibility index (Phi) is 5.63. The molecule has 28 heavy (non-hydrogen) atoms. The summed E-state index contributed by atoms with van der Waals surface area (Å²) in [6.45, 7) is 3.65. The molecule has 5 nitrogen and oxygen atoms in total. The van der Waals surface area contributed by atoms with Crippen LogP contribution in [0.25, 0.3) is 10.9 Å². The van der Waals surface area contributed by atoms with Crippen molar-refractivity contribution in [3.8, 4) is 0 Å². The molecule has 1 aromatic heterocycles. The molecule has 3 rings (SSSR count). The molecule has 0 saturated carbocycles. The number of hydrogen-bond acceptors (Lipinski definition) is 3. The topological polar surface area (TPSA) is 71.1 Å². The lowest BCUT2D eigenvalue weighted by Gasteiger charge is -2.12. The minimum absolute atomic E-state index is 0.106. The van der Waals surface area contributed by atoms with Crippen molar-refractivity contribution in [1.29, 1.82) is 0 Å². The molecule has 0 aliphatic heterocycles. The number of hydrogen-bond donors (Lipinski definition) is 2. The number of anilines is 1. The molecule has 2 N–H and O–H groups in total. The van der Waals surface area contributed by atoms with E-state index in [1.165, 1.54) is 6.07 Å². The molecule has 0 bridgehead atoms. The molecule has 0 saturated heterocycles. The molecule has 0 aliphatic carbocycles. The van der Waals surface area contributed by atoms with Gasteiger partial charge >= 0.3 is 0 Å². The Hall–Kier alpha value is -3.35. The number of carbonyl (C=O) groups excluding carboxylic acids is 2. The monoisotopic (exact) mass is 383 g/mol. The van der Waals surface area contributed by atoms with Gasteiger partial charge in [0.15, 0.2) is 11.6 Å². The van der Waals surface area contributed by atoms with E-state index in [2.05, 4.69) is 15.6 Å². The summed E-state index contributed by atoms with van der Waals surface area (Å²) in [4.78, 5) is 29.2. The van der Waals surface area contributed by atoms with Crippen LogP contribution in [0, 0.1) is 11.6 Å². The van der Waals surface area contributed by atoms with Crippen LogP contribution >= 0.6 is 0 Å². The summed E-state index contributed by atoms with van der Waals surface area (Å²) in [6, 6.07) is 12.0. The molecular weight excluding hydrogens is 364 g/mol. The van der Waals surface area contributed by atoms with E-state index in [-0.39, 0.29) is 18.2 Å². The minimum Gasteiger partial charge on any atom is -0.343 e. The summed E-state index contributed by atoms with van der Waals surface area (Å²) in [5.74, 6) is -2.90.